The lowest BCUT2D eigenvalue weighted by molar-refractivity contribution is 0.102. The van der Waals surface area contributed by atoms with E-state index in [0.717, 1.165) is 37.3 Å². The molecule has 0 saturated carbocycles. The van der Waals surface area contributed by atoms with Gasteiger partial charge in [0.15, 0.2) is 0 Å². The molecule has 132 valence electrons. The van der Waals surface area contributed by atoms with Crippen LogP contribution in [-0.4, -0.2) is 34.2 Å². The molecule has 1 amide bonds. The quantitative estimate of drug-likeness (QED) is 0.777. The summed E-state index contributed by atoms with van der Waals surface area (Å²) >= 11 is 0. The zero-order valence-corrected chi connectivity index (χ0v) is 14.3. The number of carbonyl (C=O) groups excluding carboxylic acids is 1. The van der Waals surface area contributed by atoms with Crippen LogP contribution in [0.4, 0.5) is 11.5 Å². The fraction of sp³-hybridized carbons (Fsp3) is 0.263. The van der Waals surface area contributed by atoms with Crippen molar-refractivity contribution in [2.45, 2.75) is 19.3 Å². The molecule has 1 saturated heterocycles. The molecule has 1 fully saturated rings. The Morgan fingerprint density at radius 2 is 2.00 bits per heavy atom. The van der Waals surface area contributed by atoms with Gasteiger partial charge in [0.1, 0.15) is 5.82 Å². The Morgan fingerprint density at radius 3 is 2.81 bits per heavy atom. The lowest BCUT2D eigenvalue weighted by Gasteiger charge is -2.29. The molecule has 0 aliphatic carbocycles. The van der Waals surface area contributed by atoms with E-state index < -0.39 is 0 Å². The van der Waals surface area contributed by atoms with Gasteiger partial charge < -0.3 is 14.6 Å². The molecule has 1 aliphatic rings. The molecule has 2 aromatic heterocycles. The Morgan fingerprint density at radius 1 is 1.12 bits per heavy atom. The maximum Gasteiger partial charge on any atom is 0.259 e. The molecule has 0 radical (unpaired) electrons. The number of amides is 1. The van der Waals surface area contributed by atoms with Crippen molar-refractivity contribution in [3.05, 3.63) is 54.6 Å². The van der Waals surface area contributed by atoms with Crippen LogP contribution in [-0.2, 0) is 0 Å². The van der Waals surface area contributed by atoms with E-state index in [2.05, 4.69) is 25.4 Å². The first kappa shape index (κ1) is 16.3. The molecular weight excluding hydrogens is 330 g/mol. The molecule has 0 bridgehead atoms. The second-order valence-corrected chi connectivity index (χ2v) is 6.20. The summed E-state index contributed by atoms with van der Waals surface area (Å²) in [4.78, 5) is 19.5. The Balaban J connectivity index is 1.56. The summed E-state index contributed by atoms with van der Waals surface area (Å²) in [7, 11) is 0. The molecular formula is C19H19N5O2. The van der Waals surface area contributed by atoms with E-state index in [1.165, 1.54) is 12.8 Å². The van der Waals surface area contributed by atoms with Gasteiger partial charge in [0.05, 0.1) is 5.56 Å². The van der Waals surface area contributed by atoms with Crippen LogP contribution in [0.2, 0.25) is 0 Å². The smallest absolute Gasteiger partial charge is 0.259 e. The minimum Gasteiger partial charge on any atom is -0.423 e. The van der Waals surface area contributed by atoms with Crippen LogP contribution in [0, 0.1) is 0 Å². The average molecular weight is 349 g/mol. The highest BCUT2D eigenvalue weighted by atomic mass is 16.4. The molecule has 4 rings (SSSR count). The molecule has 7 nitrogen and oxygen atoms in total. The van der Waals surface area contributed by atoms with Crippen LogP contribution in [0.5, 0.6) is 0 Å². The number of nitrogens with one attached hydrogen (secondary N) is 1. The number of nitrogens with zero attached hydrogens (tertiary/aromatic N) is 4. The van der Waals surface area contributed by atoms with E-state index >= 15 is 0 Å². The van der Waals surface area contributed by atoms with Gasteiger partial charge in [-0.05, 0) is 49.6 Å². The van der Waals surface area contributed by atoms with Crippen molar-refractivity contribution in [1.29, 1.82) is 0 Å². The first-order valence-electron chi connectivity index (χ1n) is 8.69. The number of anilines is 2. The van der Waals surface area contributed by atoms with Gasteiger partial charge in [-0.2, -0.15) is 0 Å². The SMILES string of the molecule is O=C(Nc1cccc(-c2nnco2)c1)c1cccnc1N1CCCCC1. The fourth-order valence-electron chi connectivity index (χ4n) is 3.16. The number of hydrogen-bond donors (Lipinski definition) is 1. The normalized spacial score (nSPS) is 14.2. The van der Waals surface area contributed by atoms with Crippen molar-refractivity contribution in [1.82, 2.24) is 15.2 Å². The van der Waals surface area contributed by atoms with Crippen LogP contribution in [0.3, 0.4) is 0 Å². The molecule has 0 unspecified atom stereocenters. The third kappa shape index (κ3) is 3.42. The summed E-state index contributed by atoms with van der Waals surface area (Å²) in [6, 6.07) is 10.9. The average Bonchev–Trinajstić information content (AvgIpc) is 3.24. The maximum atomic E-state index is 12.8. The van der Waals surface area contributed by atoms with Crippen molar-refractivity contribution in [2.24, 2.45) is 0 Å². The van der Waals surface area contributed by atoms with Gasteiger partial charge in [-0.3, -0.25) is 4.79 Å². The summed E-state index contributed by atoms with van der Waals surface area (Å²) in [5.74, 6) is 0.982. The molecule has 3 heterocycles. The topological polar surface area (TPSA) is 84.2 Å². The van der Waals surface area contributed by atoms with E-state index in [0.29, 0.717) is 17.1 Å². The summed E-state index contributed by atoms with van der Waals surface area (Å²) in [5.41, 5.74) is 2.00. The molecule has 7 heteroatoms. The predicted molar refractivity (Wildman–Crippen MR) is 98.0 cm³/mol. The zero-order chi connectivity index (χ0) is 17.8. The molecule has 26 heavy (non-hydrogen) atoms. The monoisotopic (exact) mass is 349 g/mol. The number of piperidine rings is 1. The Kier molecular flexibility index (Phi) is 4.59. The van der Waals surface area contributed by atoms with Gasteiger partial charge in [0.2, 0.25) is 12.3 Å². The number of carbonyl (C=O) groups is 1. The summed E-state index contributed by atoms with van der Waals surface area (Å²) < 4.78 is 5.21. The summed E-state index contributed by atoms with van der Waals surface area (Å²) in [6.45, 7) is 1.87. The highest BCUT2D eigenvalue weighted by Crippen LogP contribution is 2.24. The molecule has 0 spiro atoms. The first-order valence-corrected chi connectivity index (χ1v) is 8.69. The van der Waals surface area contributed by atoms with Crippen molar-refractivity contribution < 1.29 is 9.21 Å². The van der Waals surface area contributed by atoms with E-state index in [9.17, 15) is 4.79 Å². The van der Waals surface area contributed by atoms with Gasteiger partial charge in [0, 0.05) is 30.5 Å². The number of aromatic nitrogens is 3. The predicted octanol–water partition coefficient (Wildman–Crippen LogP) is 3.37. The largest absolute Gasteiger partial charge is 0.423 e. The number of benzene rings is 1. The number of pyridine rings is 1. The van der Waals surface area contributed by atoms with Gasteiger partial charge in [0.25, 0.3) is 5.91 Å². The summed E-state index contributed by atoms with van der Waals surface area (Å²) in [5, 5.41) is 10.5. The molecule has 3 aromatic rings. The Labute approximate surface area is 151 Å². The van der Waals surface area contributed by atoms with Crippen LogP contribution in [0.15, 0.2) is 53.4 Å². The standard InChI is InChI=1S/C19H19N5O2/c25-18(16-8-5-9-20-17(16)24-10-2-1-3-11-24)22-15-7-4-6-14(12-15)19-23-21-13-26-19/h4-9,12-13H,1-3,10-11H2,(H,22,25). The Hall–Kier alpha value is -3.22. The lowest BCUT2D eigenvalue weighted by atomic mass is 10.1. The van der Waals surface area contributed by atoms with E-state index in [4.69, 9.17) is 4.42 Å². The molecule has 1 aliphatic heterocycles. The maximum absolute atomic E-state index is 12.8. The Bertz CT molecular complexity index is 888. The van der Waals surface area contributed by atoms with Gasteiger partial charge in [-0.1, -0.05) is 6.07 Å². The second kappa shape index (κ2) is 7.35. The van der Waals surface area contributed by atoms with Gasteiger partial charge >= 0.3 is 0 Å². The minimum absolute atomic E-state index is 0.179. The van der Waals surface area contributed by atoms with Crippen LogP contribution in [0.25, 0.3) is 11.5 Å². The highest BCUT2D eigenvalue weighted by molar-refractivity contribution is 6.07. The molecule has 0 atom stereocenters. The van der Waals surface area contributed by atoms with E-state index in [1.807, 2.05) is 30.3 Å². The third-order valence-corrected chi connectivity index (χ3v) is 4.41. The van der Waals surface area contributed by atoms with Crippen LogP contribution >= 0.6 is 0 Å². The van der Waals surface area contributed by atoms with Crippen molar-refractivity contribution in [3.8, 4) is 11.5 Å². The number of rotatable bonds is 4. The third-order valence-electron chi connectivity index (χ3n) is 4.41. The molecule has 1 N–H and O–H groups in total. The van der Waals surface area contributed by atoms with E-state index in [-0.39, 0.29) is 5.91 Å². The number of hydrogen-bond acceptors (Lipinski definition) is 6. The van der Waals surface area contributed by atoms with Crippen LogP contribution < -0.4 is 10.2 Å². The van der Waals surface area contributed by atoms with Crippen molar-refractivity contribution in [3.63, 3.8) is 0 Å². The summed E-state index contributed by atoms with van der Waals surface area (Å²) in [6.07, 6.45) is 6.50. The van der Waals surface area contributed by atoms with Crippen molar-refractivity contribution in [2.75, 3.05) is 23.3 Å². The van der Waals surface area contributed by atoms with Gasteiger partial charge in [-0.25, -0.2) is 4.98 Å². The van der Waals surface area contributed by atoms with E-state index in [1.54, 1.807) is 12.3 Å². The zero-order valence-electron chi connectivity index (χ0n) is 14.3. The highest BCUT2D eigenvalue weighted by Gasteiger charge is 2.19. The van der Waals surface area contributed by atoms with Crippen molar-refractivity contribution >= 4 is 17.4 Å². The lowest BCUT2D eigenvalue weighted by Crippen LogP contribution is -2.32. The fourth-order valence-corrected chi connectivity index (χ4v) is 3.16. The second-order valence-electron chi connectivity index (χ2n) is 6.20. The molecule has 1 aromatic carbocycles. The van der Waals surface area contributed by atoms with Gasteiger partial charge in [-0.15, -0.1) is 10.2 Å². The minimum atomic E-state index is -0.179. The first-order chi connectivity index (χ1) is 12.8. The van der Waals surface area contributed by atoms with Crippen LogP contribution in [0.1, 0.15) is 29.6 Å².